The van der Waals surface area contributed by atoms with Crippen molar-refractivity contribution in [2.45, 2.75) is 44.0 Å². The van der Waals surface area contributed by atoms with Crippen molar-refractivity contribution in [3.63, 3.8) is 0 Å². The molecule has 0 aromatic heterocycles. The largest absolute Gasteiger partial charge is 0.508 e. The second-order valence-corrected chi connectivity index (χ2v) is 10.6. The van der Waals surface area contributed by atoms with E-state index < -0.39 is 5.54 Å². The first-order valence-corrected chi connectivity index (χ1v) is 12.8. The maximum Gasteiger partial charge on any atom is 0.144 e. The Kier molecular flexibility index (Phi) is 7.78. The molecule has 5 rings (SSSR count). The Morgan fingerprint density at radius 2 is 1.68 bits per heavy atom. The molecule has 2 aliphatic rings. The number of phenols is 1. The van der Waals surface area contributed by atoms with E-state index in [2.05, 4.69) is 28.0 Å². The number of para-hydroxylation sites is 2. The molecule has 0 bridgehead atoms. The van der Waals surface area contributed by atoms with E-state index in [0.717, 1.165) is 51.0 Å². The number of nitrogens with one attached hydrogen (secondary N) is 1. The van der Waals surface area contributed by atoms with Crippen LogP contribution in [0.2, 0.25) is 0 Å². The third-order valence-electron chi connectivity index (χ3n) is 6.41. The van der Waals surface area contributed by atoms with Crippen molar-refractivity contribution in [3.8, 4) is 28.4 Å². The number of aromatic hydroxyl groups is 1. The second-order valence-electron chi connectivity index (χ2n) is 9.82. The highest BCUT2D eigenvalue weighted by Gasteiger charge is 2.33. The molecule has 0 amide bonds. The van der Waals surface area contributed by atoms with Gasteiger partial charge in [0.15, 0.2) is 0 Å². The SMILES string of the molecule is COc1cc(O)ccc1-c1ccc(NC(C)(C)C=O)c2c1CN(c1ccccc1OC)N2C.SC1CC1. The summed E-state index contributed by atoms with van der Waals surface area (Å²) in [6.07, 6.45) is 3.61. The van der Waals surface area contributed by atoms with Crippen LogP contribution in [0.25, 0.3) is 11.1 Å². The fraction of sp³-hybridized carbons (Fsp3) is 0.345. The zero-order valence-corrected chi connectivity index (χ0v) is 22.9. The molecule has 3 aromatic carbocycles. The van der Waals surface area contributed by atoms with E-state index in [4.69, 9.17) is 9.47 Å². The van der Waals surface area contributed by atoms with Crippen LogP contribution in [0.4, 0.5) is 17.1 Å². The summed E-state index contributed by atoms with van der Waals surface area (Å²) in [6.45, 7) is 4.27. The number of fused-ring (bicyclic) bond motifs is 1. The zero-order chi connectivity index (χ0) is 26.7. The summed E-state index contributed by atoms with van der Waals surface area (Å²) >= 11 is 4.08. The molecule has 196 valence electrons. The van der Waals surface area contributed by atoms with Gasteiger partial charge in [-0.25, -0.2) is 0 Å². The Bertz CT molecular complexity index is 1280. The number of rotatable bonds is 7. The second kappa shape index (κ2) is 10.8. The highest BCUT2D eigenvalue weighted by Crippen LogP contribution is 2.48. The lowest BCUT2D eigenvalue weighted by atomic mass is 9.95. The number of benzene rings is 3. The van der Waals surface area contributed by atoms with Gasteiger partial charge in [0.05, 0.1) is 43.4 Å². The highest BCUT2D eigenvalue weighted by molar-refractivity contribution is 7.81. The summed E-state index contributed by atoms with van der Waals surface area (Å²) < 4.78 is 11.2. The molecule has 1 aliphatic heterocycles. The molecule has 7 nitrogen and oxygen atoms in total. The Hall–Kier alpha value is -3.52. The molecule has 1 fully saturated rings. The number of methoxy groups -OCH3 is 2. The number of ether oxygens (including phenoxy) is 2. The quantitative estimate of drug-likeness (QED) is 0.263. The summed E-state index contributed by atoms with van der Waals surface area (Å²) in [4.78, 5) is 11.6. The summed E-state index contributed by atoms with van der Waals surface area (Å²) in [7, 11) is 5.25. The molecule has 1 heterocycles. The molecule has 0 spiro atoms. The van der Waals surface area contributed by atoms with Gasteiger partial charge in [-0.1, -0.05) is 18.2 Å². The molecule has 0 unspecified atom stereocenters. The monoisotopic (exact) mass is 521 g/mol. The van der Waals surface area contributed by atoms with Crippen LogP contribution in [0.1, 0.15) is 32.3 Å². The van der Waals surface area contributed by atoms with Gasteiger partial charge in [0.1, 0.15) is 23.5 Å². The van der Waals surface area contributed by atoms with Gasteiger partial charge in [0.2, 0.25) is 0 Å². The fourth-order valence-electron chi connectivity index (χ4n) is 4.34. The van der Waals surface area contributed by atoms with Crippen molar-refractivity contribution < 1.29 is 19.4 Å². The van der Waals surface area contributed by atoms with Crippen LogP contribution in [0, 0.1) is 0 Å². The summed E-state index contributed by atoms with van der Waals surface area (Å²) in [6, 6.07) is 17.0. The average molecular weight is 522 g/mol. The molecular weight excluding hydrogens is 486 g/mol. The standard InChI is InChI=1S/C26H29N3O4.C3H6S/c1-26(2,16-30)27-21-13-12-18(19-11-10-17(31)14-24(19)33-5)20-15-29(28(3)25(20)21)22-8-6-7-9-23(22)32-4;4-3-1-2-3/h6-14,16,27,31H,15H2,1-5H3;3-4H,1-2H2. The Morgan fingerprint density at radius 3 is 2.30 bits per heavy atom. The van der Waals surface area contributed by atoms with Gasteiger partial charge < -0.3 is 24.7 Å². The number of thiol groups is 1. The maximum atomic E-state index is 11.6. The summed E-state index contributed by atoms with van der Waals surface area (Å²) in [5, 5.41) is 18.3. The fourth-order valence-corrected chi connectivity index (χ4v) is 4.49. The molecular formula is C29H35N3O4S. The number of hydrogen-bond acceptors (Lipinski definition) is 8. The van der Waals surface area contributed by atoms with Crippen molar-refractivity contribution in [1.82, 2.24) is 0 Å². The number of hydrogen-bond donors (Lipinski definition) is 3. The van der Waals surface area contributed by atoms with Gasteiger partial charge >= 0.3 is 0 Å². The maximum absolute atomic E-state index is 11.6. The number of carbonyl (C=O) groups is 1. The van der Waals surface area contributed by atoms with Crippen LogP contribution < -0.4 is 24.8 Å². The van der Waals surface area contributed by atoms with Gasteiger partial charge in [0.25, 0.3) is 0 Å². The van der Waals surface area contributed by atoms with Crippen LogP contribution in [-0.4, -0.2) is 43.4 Å². The normalized spacial score (nSPS) is 14.4. The lowest BCUT2D eigenvalue weighted by Crippen LogP contribution is -2.36. The van der Waals surface area contributed by atoms with Gasteiger partial charge in [0, 0.05) is 29.5 Å². The minimum atomic E-state index is -0.732. The van der Waals surface area contributed by atoms with Crippen LogP contribution in [0.15, 0.2) is 54.6 Å². The first kappa shape index (κ1) is 26.5. The lowest BCUT2D eigenvalue weighted by molar-refractivity contribution is -0.110. The van der Waals surface area contributed by atoms with E-state index in [9.17, 15) is 9.90 Å². The van der Waals surface area contributed by atoms with Crippen molar-refractivity contribution >= 4 is 36.0 Å². The molecule has 8 heteroatoms. The molecule has 1 saturated carbocycles. The van der Waals surface area contributed by atoms with Crippen molar-refractivity contribution in [1.29, 1.82) is 0 Å². The van der Waals surface area contributed by atoms with Crippen LogP contribution >= 0.6 is 12.6 Å². The van der Waals surface area contributed by atoms with Gasteiger partial charge in [-0.15, -0.1) is 0 Å². The number of anilines is 3. The molecule has 1 aliphatic carbocycles. The zero-order valence-electron chi connectivity index (χ0n) is 22.0. The Balaban J connectivity index is 0.000000730. The van der Waals surface area contributed by atoms with Crippen LogP contribution in [-0.2, 0) is 11.3 Å². The van der Waals surface area contributed by atoms with E-state index in [1.807, 2.05) is 63.4 Å². The Morgan fingerprint density at radius 1 is 1.03 bits per heavy atom. The summed E-state index contributed by atoms with van der Waals surface area (Å²) in [5.74, 6) is 1.50. The van der Waals surface area contributed by atoms with E-state index >= 15 is 0 Å². The van der Waals surface area contributed by atoms with Gasteiger partial charge in [-0.2, -0.15) is 12.6 Å². The smallest absolute Gasteiger partial charge is 0.144 e. The molecule has 0 atom stereocenters. The molecule has 3 aromatic rings. The van der Waals surface area contributed by atoms with Crippen molar-refractivity contribution in [2.75, 3.05) is 36.6 Å². The molecule has 0 saturated heterocycles. The molecule has 37 heavy (non-hydrogen) atoms. The van der Waals surface area contributed by atoms with Gasteiger partial charge in [-0.05, 0) is 62.6 Å². The first-order chi connectivity index (χ1) is 17.7. The summed E-state index contributed by atoms with van der Waals surface area (Å²) in [5.41, 5.74) is 4.95. The van der Waals surface area contributed by atoms with E-state index in [1.165, 1.54) is 12.8 Å². The van der Waals surface area contributed by atoms with Crippen molar-refractivity contribution in [3.05, 3.63) is 60.2 Å². The number of nitrogens with zero attached hydrogens (tertiary/aromatic N) is 2. The number of aldehydes is 1. The van der Waals surface area contributed by atoms with Crippen molar-refractivity contribution in [2.24, 2.45) is 0 Å². The number of carbonyl (C=O) groups excluding carboxylic acids is 1. The minimum Gasteiger partial charge on any atom is -0.508 e. The third kappa shape index (κ3) is 5.74. The molecule has 0 radical (unpaired) electrons. The van der Waals surface area contributed by atoms with E-state index in [-0.39, 0.29) is 5.75 Å². The van der Waals surface area contributed by atoms with E-state index in [0.29, 0.717) is 12.3 Å². The number of phenolic OH excluding ortho intramolecular Hbond substituents is 1. The minimum absolute atomic E-state index is 0.144. The highest BCUT2D eigenvalue weighted by atomic mass is 32.1. The molecule has 2 N–H and O–H groups in total. The van der Waals surface area contributed by atoms with E-state index in [1.54, 1.807) is 26.4 Å². The first-order valence-electron chi connectivity index (χ1n) is 12.3. The predicted octanol–water partition coefficient (Wildman–Crippen LogP) is 5.92. The lowest BCUT2D eigenvalue weighted by Gasteiger charge is -2.31. The number of hydrazine groups is 1. The topological polar surface area (TPSA) is 74.3 Å². The Labute approximate surface area is 224 Å². The predicted molar refractivity (Wildman–Crippen MR) is 153 cm³/mol. The van der Waals surface area contributed by atoms with Crippen LogP contribution in [0.5, 0.6) is 17.2 Å². The van der Waals surface area contributed by atoms with Gasteiger partial charge in [-0.3, -0.25) is 10.0 Å². The average Bonchev–Trinajstić information content (AvgIpc) is 3.60. The third-order valence-corrected chi connectivity index (χ3v) is 6.93. The van der Waals surface area contributed by atoms with Crippen LogP contribution in [0.3, 0.4) is 0 Å².